The van der Waals surface area contributed by atoms with E-state index in [9.17, 15) is 5.11 Å². The van der Waals surface area contributed by atoms with Crippen molar-refractivity contribution in [2.24, 2.45) is 5.84 Å². The standard InChI is InChI=1S/C14H27N5O/c1-12(2,3)11-16-9(8-10(17-11)19-15)18-13(4,5)14(6,7)20/h8,20H,15H2,1-7H3,(H2,16,17,18,19). The molecule has 0 aromatic carbocycles. The summed E-state index contributed by atoms with van der Waals surface area (Å²) in [5.41, 5.74) is 0.899. The molecule has 0 unspecified atom stereocenters. The van der Waals surface area contributed by atoms with Gasteiger partial charge in [0.2, 0.25) is 0 Å². The second-order valence-electron chi connectivity index (χ2n) is 7.17. The number of anilines is 2. The molecular weight excluding hydrogens is 254 g/mol. The first kappa shape index (κ1) is 16.7. The van der Waals surface area contributed by atoms with Gasteiger partial charge in [-0.3, -0.25) is 0 Å². The zero-order chi connectivity index (χ0) is 15.8. The van der Waals surface area contributed by atoms with E-state index in [1.54, 1.807) is 19.9 Å². The second-order valence-corrected chi connectivity index (χ2v) is 7.17. The van der Waals surface area contributed by atoms with Gasteiger partial charge in [-0.25, -0.2) is 15.8 Å². The molecule has 1 rings (SSSR count). The van der Waals surface area contributed by atoms with Gasteiger partial charge in [-0.05, 0) is 27.7 Å². The van der Waals surface area contributed by atoms with Crippen LogP contribution in [-0.4, -0.2) is 26.2 Å². The Kier molecular flexibility index (Phi) is 4.31. The lowest BCUT2D eigenvalue weighted by Gasteiger charge is -2.38. The molecule has 1 heterocycles. The first-order valence-corrected chi connectivity index (χ1v) is 6.73. The van der Waals surface area contributed by atoms with Crippen LogP contribution < -0.4 is 16.6 Å². The Bertz CT molecular complexity index is 471. The molecule has 114 valence electrons. The van der Waals surface area contributed by atoms with Gasteiger partial charge >= 0.3 is 0 Å². The molecule has 0 aliphatic rings. The molecule has 0 fully saturated rings. The number of nitrogens with two attached hydrogens (primary N) is 1. The molecular formula is C14H27N5O. The number of hydrazine groups is 1. The van der Waals surface area contributed by atoms with Gasteiger partial charge in [-0.1, -0.05) is 20.8 Å². The summed E-state index contributed by atoms with van der Waals surface area (Å²) in [5, 5.41) is 13.5. The molecule has 1 aromatic rings. The lowest BCUT2D eigenvalue weighted by atomic mass is 9.86. The van der Waals surface area contributed by atoms with Gasteiger partial charge in [-0.2, -0.15) is 0 Å². The first-order chi connectivity index (χ1) is 8.87. The third-order valence-corrected chi connectivity index (χ3v) is 3.51. The maximum Gasteiger partial charge on any atom is 0.145 e. The molecule has 0 spiro atoms. The highest BCUT2D eigenvalue weighted by molar-refractivity contribution is 5.49. The molecule has 5 N–H and O–H groups in total. The van der Waals surface area contributed by atoms with Crippen LogP contribution in [0.25, 0.3) is 0 Å². The van der Waals surface area contributed by atoms with Gasteiger partial charge < -0.3 is 15.8 Å². The molecule has 6 nitrogen and oxygen atoms in total. The number of nitrogens with one attached hydrogen (secondary N) is 2. The SMILES string of the molecule is CC(C)(C)c1nc(NN)cc(NC(C)(C)C(C)(C)O)n1. The van der Waals surface area contributed by atoms with Gasteiger partial charge in [0.15, 0.2) is 0 Å². The smallest absolute Gasteiger partial charge is 0.145 e. The van der Waals surface area contributed by atoms with E-state index < -0.39 is 11.1 Å². The summed E-state index contributed by atoms with van der Waals surface area (Å²) in [6.07, 6.45) is 0. The van der Waals surface area contributed by atoms with E-state index in [0.29, 0.717) is 17.5 Å². The number of hydrogen-bond acceptors (Lipinski definition) is 6. The van der Waals surface area contributed by atoms with Crippen LogP contribution >= 0.6 is 0 Å². The Balaban J connectivity index is 3.20. The quantitative estimate of drug-likeness (QED) is 0.498. The number of aromatic nitrogens is 2. The van der Waals surface area contributed by atoms with E-state index in [0.717, 1.165) is 0 Å². The first-order valence-electron chi connectivity index (χ1n) is 6.73. The molecule has 0 aliphatic heterocycles. The number of hydrogen-bond donors (Lipinski definition) is 4. The van der Waals surface area contributed by atoms with Crippen molar-refractivity contribution in [3.63, 3.8) is 0 Å². The predicted octanol–water partition coefficient (Wildman–Crippen LogP) is 2.02. The van der Waals surface area contributed by atoms with Crippen molar-refractivity contribution in [1.29, 1.82) is 0 Å². The summed E-state index contributed by atoms with van der Waals surface area (Å²) in [6, 6.07) is 1.72. The number of rotatable bonds is 4. The maximum atomic E-state index is 10.2. The van der Waals surface area contributed by atoms with Crippen LogP contribution in [0.5, 0.6) is 0 Å². The highest BCUT2D eigenvalue weighted by atomic mass is 16.3. The maximum absolute atomic E-state index is 10.2. The average Bonchev–Trinajstić information content (AvgIpc) is 2.25. The highest BCUT2D eigenvalue weighted by Crippen LogP contribution is 2.27. The molecule has 0 radical (unpaired) electrons. The van der Waals surface area contributed by atoms with Crippen molar-refractivity contribution in [2.45, 2.75) is 65.0 Å². The van der Waals surface area contributed by atoms with Crippen molar-refractivity contribution >= 4 is 11.6 Å². The minimum atomic E-state index is -0.907. The summed E-state index contributed by atoms with van der Waals surface area (Å²) >= 11 is 0. The summed E-state index contributed by atoms with van der Waals surface area (Å²) in [6.45, 7) is 13.5. The molecule has 0 atom stereocenters. The highest BCUT2D eigenvalue weighted by Gasteiger charge is 2.35. The minimum Gasteiger partial charge on any atom is -0.388 e. The van der Waals surface area contributed by atoms with E-state index in [1.807, 2.05) is 34.6 Å². The van der Waals surface area contributed by atoms with Crippen LogP contribution in [0.15, 0.2) is 6.07 Å². The molecule has 6 heteroatoms. The van der Waals surface area contributed by atoms with Crippen molar-refractivity contribution in [1.82, 2.24) is 9.97 Å². The van der Waals surface area contributed by atoms with Crippen LogP contribution in [-0.2, 0) is 5.41 Å². The van der Waals surface area contributed by atoms with Crippen LogP contribution in [0.4, 0.5) is 11.6 Å². The third-order valence-electron chi connectivity index (χ3n) is 3.51. The molecule has 0 saturated heterocycles. The molecule has 0 aliphatic carbocycles. The van der Waals surface area contributed by atoms with E-state index in [-0.39, 0.29) is 5.41 Å². The van der Waals surface area contributed by atoms with Crippen molar-refractivity contribution in [3.05, 3.63) is 11.9 Å². The van der Waals surface area contributed by atoms with Gasteiger partial charge in [-0.15, -0.1) is 0 Å². The topological polar surface area (TPSA) is 96.1 Å². The fourth-order valence-corrected chi connectivity index (χ4v) is 1.39. The van der Waals surface area contributed by atoms with Gasteiger partial charge in [0, 0.05) is 11.5 Å². The predicted molar refractivity (Wildman–Crippen MR) is 82.5 cm³/mol. The summed E-state index contributed by atoms with van der Waals surface area (Å²) in [4.78, 5) is 8.89. The Morgan fingerprint density at radius 3 is 1.90 bits per heavy atom. The van der Waals surface area contributed by atoms with Crippen LogP contribution in [0.2, 0.25) is 0 Å². The average molecular weight is 281 g/mol. The Morgan fingerprint density at radius 1 is 1.00 bits per heavy atom. The van der Waals surface area contributed by atoms with Gasteiger partial charge in [0.25, 0.3) is 0 Å². The summed E-state index contributed by atoms with van der Waals surface area (Å²) in [7, 11) is 0. The minimum absolute atomic E-state index is 0.192. The van der Waals surface area contributed by atoms with E-state index in [2.05, 4.69) is 20.7 Å². The fraction of sp³-hybridized carbons (Fsp3) is 0.714. The molecule has 0 bridgehead atoms. The molecule has 0 amide bonds. The van der Waals surface area contributed by atoms with Crippen molar-refractivity contribution < 1.29 is 5.11 Å². The van der Waals surface area contributed by atoms with Crippen LogP contribution in [0.1, 0.15) is 54.3 Å². The van der Waals surface area contributed by atoms with E-state index in [4.69, 9.17) is 5.84 Å². The van der Waals surface area contributed by atoms with E-state index >= 15 is 0 Å². The zero-order valence-corrected chi connectivity index (χ0v) is 13.5. The van der Waals surface area contributed by atoms with Gasteiger partial charge in [0.05, 0.1) is 11.1 Å². The lowest BCUT2D eigenvalue weighted by molar-refractivity contribution is 0.0238. The monoisotopic (exact) mass is 281 g/mol. The second kappa shape index (κ2) is 5.18. The molecule has 0 saturated carbocycles. The number of nitrogen functional groups attached to an aromatic ring is 1. The largest absolute Gasteiger partial charge is 0.388 e. The van der Waals surface area contributed by atoms with Gasteiger partial charge in [0.1, 0.15) is 17.5 Å². The fourth-order valence-electron chi connectivity index (χ4n) is 1.39. The van der Waals surface area contributed by atoms with Crippen LogP contribution in [0, 0.1) is 0 Å². The third kappa shape index (κ3) is 3.80. The summed E-state index contributed by atoms with van der Waals surface area (Å²) in [5.74, 6) is 7.32. The Morgan fingerprint density at radius 2 is 1.50 bits per heavy atom. The van der Waals surface area contributed by atoms with Crippen molar-refractivity contribution in [2.75, 3.05) is 10.7 Å². The Hall–Kier alpha value is -1.40. The molecule has 20 heavy (non-hydrogen) atoms. The lowest BCUT2D eigenvalue weighted by Crippen LogP contribution is -2.51. The van der Waals surface area contributed by atoms with E-state index in [1.165, 1.54) is 0 Å². The zero-order valence-electron chi connectivity index (χ0n) is 13.5. The number of aliphatic hydroxyl groups is 1. The Labute approximate surface area is 121 Å². The number of nitrogens with zero attached hydrogens (tertiary/aromatic N) is 2. The van der Waals surface area contributed by atoms with Crippen LogP contribution in [0.3, 0.4) is 0 Å². The molecule has 1 aromatic heterocycles. The summed E-state index contributed by atoms with van der Waals surface area (Å²) < 4.78 is 0. The van der Waals surface area contributed by atoms with Crippen molar-refractivity contribution in [3.8, 4) is 0 Å². The normalized spacial score (nSPS) is 13.2.